The Morgan fingerprint density at radius 3 is 2.70 bits per heavy atom. The molecule has 20 heavy (non-hydrogen) atoms. The van der Waals surface area contributed by atoms with Gasteiger partial charge in [0.25, 0.3) is 0 Å². The lowest BCUT2D eigenvalue weighted by Gasteiger charge is -2.29. The van der Waals surface area contributed by atoms with Crippen LogP contribution in [0.5, 0.6) is 0 Å². The fourth-order valence-corrected chi connectivity index (χ4v) is 3.74. The van der Waals surface area contributed by atoms with Crippen LogP contribution in [0.3, 0.4) is 0 Å². The summed E-state index contributed by atoms with van der Waals surface area (Å²) in [6.07, 6.45) is 2.09. The molecule has 104 valence electrons. The first kappa shape index (κ1) is 13.6. The molecule has 1 heterocycles. The first-order chi connectivity index (χ1) is 9.50. The van der Waals surface area contributed by atoms with Gasteiger partial charge >= 0.3 is 5.97 Å². The molecule has 1 aliphatic carbocycles. The van der Waals surface area contributed by atoms with Gasteiger partial charge in [0.15, 0.2) is 0 Å². The van der Waals surface area contributed by atoms with Crippen molar-refractivity contribution in [3.8, 4) is 0 Å². The van der Waals surface area contributed by atoms with Crippen LogP contribution in [0.25, 0.3) is 10.9 Å². The van der Waals surface area contributed by atoms with E-state index in [1.807, 2.05) is 18.2 Å². The highest BCUT2D eigenvalue weighted by molar-refractivity contribution is 9.10. The summed E-state index contributed by atoms with van der Waals surface area (Å²) in [6.45, 7) is 4.23. The summed E-state index contributed by atoms with van der Waals surface area (Å²) in [6, 6.07) is 5.66. The van der Waals surface area contributed by atoms with E-state index in [4.69, 9.17) is 4.98 Å². The minimum atomic E-state index is -0.860. The minimum Gasteiger partial charge on any atom is -0.478 e. The monoisotopic (exact) mass is 333 g/mol. The molecule has 1 aliphatic rings. The molecule has 3 nitrogen and oxygen atoms in total. The molecule has 3 rings (SSSR count). The molecule has 0 amide bonds. The van der Waals surface area contributed by atoms with Gasteiger partial charge in [-0.2, -0.15) is 0 Å². The van der Waals surface area contributed by atoms with Crippen molar-refractivity contribution >= 4 is 32.8 Å². The zero-order valence-electron chi connectivity index (χ0n) is 11.5. The van der Waals surface area contributed by atoms with E-state index >= 15 is 0 Å². The molecule has 0 radical (unpaired) electrons. The van der Waals surface area contributed by atoms with E-state index in [0.717, 1.165) is 39.5 Å². The Hall–Kier alpha value is -1.42. The molecule has 1 aromatic carbocycles. The van der Waals surface area contributed by atoms with Gasteiger partial charge in [0.05, 0.1) is 11.1 Å². The number of carboxylic acids is 1. The Balaban J connectivity index is 2.49. The molecule has 0 fully saturated rings. The molecular weight excluding hydrogens is 318 g/mol. The largest absolute Gasteiger partial charge is 0.478 e. The Bertz CT molecular complexity index is 711. The number of pyridine rings is 1. The first-order valence-electron chi connectivity index (χ1n) is 6.86. The average Bonchev–Trinajstić information content (AvgIpc) is 2.41. The molecule has 0 saturated heterocycles. The predicted molar refractivity (Wildman–Crippen MR) is 82.5 cm³/mol. The number of aromatic nitrogens is 1. The number of carboxylic acid groups (broad SMARTS) is 1. The van der Waals surface area contributed by atoms with Gasteiger partial charge in [-0.25, -0.2) is 4.79 Å². The minimum absolute atomic E-state index is 0.247. The Kier molecular flexibility index (Phi) is 3.28. The van der Waals surface area contributed by atoms with E-state index in [1.54, 1.807) is 0 Å². The summed E-state index contributed by atoms with van der Waals surface area (Å²) in [5, 5.41) is 10.4. The van der Waals surface area contributed by atoms with Crippen LogP contribution < -0.4 is 0 Å². The summed E-state index contributed by atoms with van der Waals surface area (Å²) >= 11 is 3.48. The number of aromatic carboxylic acids is 1. The van der Waals surface area contributed by atoms with E-state index in [9.17, 15) is 9.90 Å². The van der Waals surface area contributed by atoms with Crippen LogP contribution in [-0.4, -0.2) is 16.1 Å². The number of halogens is 1. The van der Waals surface area contributed by atoms with Crippen molar-refractivity contribution in [3.05, 3.63) is 39.5 Å². The zero-order chi connectivity index (χ0) is 14.4. The number of carbonyl (C=O) groups is 1. The van der Waals surface area contributed by atoms with Crippen LogP contribution >= 0.6 is 15.9 Å². The maximum Gasteiger partial charge on any atom is 0.336 e. The zero-order valence-corrected chi connectivity index (χ0v) is 13.1. The van der Waals surface area contributed by atoms with Gasteiger partial charge in [0.2, 0.25) is 0 Å². The molecule has 1 aromatic heterocycles. The van der Waals surface area contributed by atoms with Crippen molar-refractivity contribution in [2.75, 3.05) is 0 Å². The number of nitrogens with zero attached hydrogens (tertiary/aromatic N) is 1. The van der Waals surface area contributed by atoms with Crippen molar-refractivity contribution in [2.45, 2.75) is 38.5 Å². The predicted octanol–water partition coefficient (Wildman–Crippen LogP) is 4.70. The van der Waals surface area contributed by atoms with E-state index in [-0.39, 0.29) is 5.92 Å². The van der Waals surface area contributed by atoms with Crippen molar-refractivity contribution < 1.29 is 9.90 Å². The third-order valence-corrected chi connectivity index (χ3v) is 4.89. The normalized spacial score (nSPS) is 21.8. The van der Waals surface area contributed by atoms with E-state index < -0.39 is 5.97 Å². The Labute approximate surface area is 126 Å². The second-order valence-electron chi connectivity index (χ2n) is 5.60. The van der Waals surface area contributed by atoms with Gasteiger partial charge in [0.1, 0.15) is 0 Å². The van der Waals surface area contributed by atoms with Gasteiger partial charge in [-0.15, -0.1) is 0 Å². The SMILES string of the molecule is CC1CCC(C)c2c1nc1cccc(Br)c1c2C(=O)O. The van der Waals surface area contributed by atoms with Crippen LogP contribution in [0.4, 0.5) is 0 Å². The van der Waals surface area contributed by atoms with Gasteiger partial charge in [-0.3, -0.25) is 4.98 Å². The molecular formula is C16H16BrNO2. The van der Waals surface area contributed by atoms with Crippen LogP contribution in [0.15, 0.2) is 22.7 Å². The molecule has 0 bridgehead atoms. The van der Waals surface area contributed by atoms with Crippen LogP contribution in [-0.2, 0) is 0 Å². The standard InChI is InChI=1S/C16H16BrNO2/c1-8-6-7-9(2)15-12(8)14(16(19)20)13-10(17)4-3-5-11(13)18-15/h3-5,8-9H,6-7H2,1-2H3,(H,19,20). The highest BCUT2D eigenvalue weighted by atomic mass is 79.9. The average molecular weight is 334 g/mol. The maximum atomic E-state index is 11.8. The summed E-state index contributed by atoms with van der Waals surface area (Å²) in [5.41, 5.74) is 3.08. The number of benzene rings is 1. The van der Waals surface area contributed by atoms with Gasteiger partial charge in [0, 0.05) is 15.6 Å². The lowest BCUT2D eigenvalue weighted by molar-refractivity contribution is 0.0696. The first-order valence-corrected chi connectivity index (χ1v) is 7.65. The van der Waals surface area contributed by atoms with Crippen molar-refractivity contribution in [1.29, 1.82) is 0 Å². The maximum absolute atomic E-state index is 11.8. The molecule has 2 unspecified atom stereocenters. The van der Waals surface area contributed by atoms with Crippen LogP contribution in [0.1, 0.15) is 60.1 Å². The van der Waals surface area contributed by atoms with Gasteiger partial charge < -0.3 is 5.11 Å². The molecule has 1 N–H and O–H groups in total. The summed E-state index contributed by atoms with van der Waals surface area (Å²) in [5.74, 6) is -0.291. The Morgan fingerprint density at radius 2 is 2.00 bits per heavy atom. The number of rotatable bonds is 1. The molecule has 2 aromatic rings. The molecule has 2 atom stereocenters. The fraction of sp³-hybridized carbons (Fsp3) is 0.375. The summed E-state index contributed by atoms with van der Waals surface area (Å²) in [4.78, 5) is 16.6. The van der Waals surface area contributed by atoms with Gasteiger partial charge in [-0.05, 0) is 42.4 Å². The van der Waals surface area contributed by atoms with E-state index in [2.05, 4.69) is 29.8 Å². The van der Waals surface area contributed by atoms with Crippen LogP contribution in [0, 0.1) is 0 Å². The fourth-order valence-electron chi connectivity index (χ4n) is 3.18. The number of hydrogen-bond acceptors (Lipinski definition) is 2. The lowest BCUT2D eigenvalue weighted by Crippen LogP contribution is -2.18. The number of hydrogen-bond donors (Lipinski definition) is 1. The smallest absolute Gasteiger partial charge is 0.336 e. The second kappa shape index (κ2) is 4.85. The topological polar surface area (TPSA) is 50.2 Å². The van der Waals surface area contributed by atoms with Crippen molar-refractivity contribution in [1.82, 2.24) is 4.98 Å². The second-order valence-corrected chi connectivity index (χ2v) is 6.46. The third kappa shape index (κ3) is 1.94. The number of fused-ring (bicyclic) bond motifs is 2. The third-order valence-electron chi connectivity index (χ3n) is 4.23. The summed E-state index contributed by atoms with van der Waals surface area (Å²) < 4.78 is 0.799. The van der Waals surface area contributed by atoms with Gasteiger partial charge in [-0.1, -0.05) is 35.8 Å². The molecule has 4 heteroatoms. The van der Waals surface area contributed by atoms with E-state index in [0.29, 0.717) is 11.5 Å². The Morgan fingerprint density at radius 1 is 1.30 bits per heavy atom. The van der Waals surface area contributed by atoms with Crippen LogP contribution in [0.2, 0.25) is 0 Å². The van der Waals surface area contributed by atoms with E-state index in [1.165, 1.54) is 0 Å². The van der Waals surface area contributed by atoms with Crippen molar-refractivity contribution in [3.63, 3.8) is 0 Å². The summed E-state index contributed by atoms with van der Waals surface area (Å²) in [7, 11) is 0. The lowest BCUT2D eigenvalue weighted by atomic mass is 9.78. The molecule has 0 aliphatic heterocycles. The quantitative estimate of drug-likeness (QED) is 0.823. The van der Waals surface area contributed by atoms with Crippen molar-refractivity contribution in [2.24, 2.45) is 0 Å². The highest BCUT2D eigenvalue weighted by Gasteiger charge is 2.30. The molecule has 0 saturated carbocycles. The molecule has 0 spiro atoms. The highest BCUT2D eigenvalue weighted by Crippen LogP contribution is 2.42.